The molecule has 0 radical (unpaired) electrons. The highest BCUT2D eigenvalue weighted by Crippen LogP contribution is 2.55. The van der Waals surface area contributed by atoms with E-state index in [1.165, 1.54) is 18.5 Å². The topological polar surface area (TPSA) is 24.7 Å². The second-order valence-corrected chi connectivity index (χ2v) is 2.77. The van der Waals surface area contributed by atoms with E-state index in [2.05, 4.69) is 10.2 Å². The second-order valence-electron chi connectivity index (χ2n) is 2.77. The van der Waals surface area contributed by atoms with Crippen molar-refractivity contribution in [1.29, 1.82) is 0 Å². The molecule has 0 spiro atoms. The largest absolute Gasteiger partial charge is 0.185 e. The van der Waals surface area contributed by atoms with Crippen LogP contribution in [0.5, 0.6) is 0 Å². The minimum absolute atomic E-state index is 0.622. The Balaban J connectivity index is 2.16. The van der Waals surface area contributed by atoms with Crippen LogP contribution >= 0.6 is 0 Å². The fourth-order valence-electron chi connectivity index (χ4n) is 1.41. The summed E-state index contributed by atoms with van der Waals surface area (Å²) in [6.07, 6.45) is 2.48. The molecule has 0 bridgehead atoms. The summed E-state index contributed by atoms with van der Waals surface area (Å²) in [5, 5.41) is 8.12. The van der Waals surface area contributed by atoms with Gasteiger partial charge in [0.15, 0.2) is 0 Å². The molecule has 40 valence electrons. The van der Waals surface area contributed by atoms with E-state index in [1.54, 1.807) is 5.57 Å². The van der Waals surface area contributed by atoms with Crippen molar-refractivity contribution in [2.75, 3.05) is 0 Å². The first-order chi connectivity index (χ1) is 3.95. The van der Waals surface area contributed by atoms with E-state index < -0.39 is 0 Å². The van der Waals surface area contributed by atoms with Crippen LogP contribution in [0, 0.1) is 5.92 Å². The molecule has 1 unspecified atom stereocenters. The quantitative estimate of drug-likeness (QED) is 0.447. The van der Waals surface area contributed by atoms with Crippen LogP contribution in [-0.4, -0.2) is 6.04 Å². The lowest BCUT2D eigenvalue weighted by Gasteiger charge is -1.85. The monoisotopic (exact) mass is 106 g/mol. The Bertz CT molecular complexity index is 215. The lowest BCUT2D eigenvalue weighted by molar-refractivity contribution is 0.864. The molecule has 1 fully saturated rings. The van der Waals surface area contributed by atoms with Crippen molar-refractivity contribution in [3.05, 3.63) is 11.3 Å². The van der Waals surface area contributed by atoms with Gasteiger partial charge in [-0.05, 0) is 12.0 Å². The van der Waals surface area contributed by atoms with Gasteiger partial charge in [-0.3, -0.25) is 0 Å². The standard InChI is InChI=1S/C6H6N2/c1-3-4-2-6(4)8-7-5(1)3/h3,5H,1-2H2/t3?,5-/m0/s1. The Morgan fingerprint density at radius 2 is 2.50 bits per heavy atom. The SMILES string of the molecule is C1C2=C1C1C[C@@H]1N=N2. The van der Waals surface area contributed by atoms with Gasteiger partial charge in [-0.25, -0.2) is 0 Å². The number of fused-ring (bicyclic) bond motifs is 2. The average molecular weight is 106 g/mol. The zero-order chi connectivity index (χ0) is 5.14. The van der Waals surface area contributed by atoms with E-state index in [-0.39, 0.29) is 0 Å². The van der Waals surface area contributed by atoms with Gasteiger partial charge < -0.3 is 0 Å². The molecule has 0 N–H and O–H groups in total. The van der Waals surface area contributed by atoms with E-state index >= 15 is 0 Å². The van der Waals surface area contributed by atoms with Crippen LogP contribution in [0.4, 0.5) is 0 Å². The number of hydrogen-bond donors (Lipinski definition) is 0. The van der Waals surface area contributed by atoms with E-state index in [0.717, 1.165) is 5.92 Å². The third-order valence-corrected chi connectivity index (χ3v) is 2.13. The highest BCUT2D eigenvalue weighted by Gasteiger charge is 2.49. The van der Waals surface area contributed by atoms with Crippen molar-refractivity contribution in [1.82, 2.24) is 0 Å². The normalized spacial score (nSPS) is 46.0. The fraction of sp³-hybridized carbons (Fsp3) is 0.667. The highest BCUT2D eigenvalue weighted by molar-refractivity contribution is 5.42. The van der Waals surface area contributed by atoms with Crippen molar-refractivity contribution in [2.45, 2.75) is 18.9 Å². The average Bonchev–Trinajstić information content (AvgIpc) is 2.59. The van der Waals surface area contributed by atoms with Gasteiger partial charge in [0.1, 0.15) is 0 Å². The van der Waals surface area contributed by atoms with Crippen LogP contribution in [0.15, 0.2) is 21.5 Å². The molecule has 3 rings (SSSR count). The molecule has 1 saturated carbocycles. The van der Waals surface area contributed by atoms with Gasteiger partial charge in [-0.2, -0.15) is 10.2 Å². The van der Waals surface area contributed by atoms with Crippen LogP contribution in [0.1, 0.15) is 12.8 Å². The van der Waals surface area contributed by atoms with Crippen LogP contribution in [0.2, 0.25) is 0 Å². The van der Waals surface area contributed by atoms with Gasteiger partial charge in [-0.1, -0.05) is 0 Å². The predicted octanol–water partition coefficient (Wildman–Crippen LogP) is 1.50. The van der Waals surface area contributed by atoms with Crippen LogP contribution in [0.3, 0.4) is 0 Å². The maximum atomic E-state index is 4.09. The molecule has 0 aromatic rings. The summed E-state index contributed by atoms with van der Waals surface area (Å²) in [7, 11) is 0. The molecule has 3 aliphatic rings. The third kappa shape index (κ3) is 0.243. The van der Waals surface area contributed by atoms with Gasteiger partial charge in [-0.15, -0.1) is 0 Å². The van der Waals surface area contributed by atoms with Crippen LogP contribution < -0.4 is 0 Å². The van der Waals surface area contributed by atoms with Crippen LogP contribution in [-0.2, 0) is 0 Å². The summed E-state index contributed by atoms with van der Waals surface area (Å²) in [5.74, 6) is 0.863. The van der Waals surface area contributed by atoms with Crippen molar-refractivity contribution in [3.63, 3.8) is 0 Å². The Labute approximate surface area is 47.3 Å². The van der Waals surface area contributed by atoms with Gasteiger partial charge >= 0.3 is 0 Å². The molecule has 1 heterocycles. The lowest BCUT2D eigenvalue weighted by Crippen LogP contribution is -1.81. The van der Waals surface area contributed by atoms with Gasteiger partial charge in [0.05, 0.1) is 11.7 Å². The predicted molar refractivity (Wildman–Crippen MR) is 28.4 cm³/mol. The third-order valence-electron chi connectivity index (χ3n) is 2.13. The first-order valence-electron chi connectivity index (χ1n) is 3.08. The van der Waals surface area contributed by atoms with Crippen molar-refractivity contribution in [2.24, 2.45) is 16.1 Å². The zero-order valence-corrected chi connectivity index (χ0v) is 4.46. The molecule has 8 heavy (non-hydrogen) atoms. The van der Waals surface area contributed by atoms with E-state index in [0.29, 0.717) is 6.04 Å². The van der Waals surface area contributed by atoms with E-state index in [1.807, 2.05) is 0 Å². The number of hydrogen-bond acceptors (Lipinski definition) is 2. The summed E-state index contributed by atoms with van der Waals surface area (Å²) < 4.78 is 0. The molecule has 2 atom stereocenters. The Morgan fingerprint density at radius 1 is 1.50 bits per heavy atom. The Hall–Kier alpha value is -0.660. The molecular weight excluding hydrogens is 100 g/mol. The highest BCUT2D eigenvalue weighted by atomic mass is 15.2. The van der Waals surface area contributed by atoms with Gasteiger partial charge in [0.25, 0.3) is 0 Å². The summed E-state index contributed by atoms with van der Waals surface area (Å²) in [6.45, 7) is 0. The first kappa shape index (κ1) is 3.38. The van der Waals surface area contributed by atoms with Crippen molar-refractivity contribution >= 4 is 0 Å². The molecule has 2 heteroatoms. The molecule has 0 aromatic heterocycles. The number of nitrogens with zero attached hydrogens (tertiary/aromatic N) is 2. The molecule has 0 amide bonds. The Morgan fingerprint density at radius 3 is 3.38 bits per heavy atom. The summed E-state index contributed by atoms with van der Waals surface area (Å²) in [4.78, 5) is 0. The Kier molecular flexibility index (Phi) is 0.325. The molecule has 2 nitrogen and oxygen atoms in total. The minimum atomic E-state index is 0.622. The fourth-order valence-corrected chi connectivity index (χ4v) is 1.41. The molecule has 2 aliphatic carbocycles. The van der Waals surface area contributed by atoms with Crippen LogP contribution in [0.25, 0.3) is 0 Å². The first-order valence-corrected chi connectivity index (χ1v) is 3.08. The van der Waals surface area contributed by atoms with Crippen molar-refractivity contribution < 1.29 is 0 Å². The molecule has 0 saturated heterocycles. The van der Waals surface area contributed by atoms with E-state index in [9.17, 15) is 0 Å². The smallest absolute Gasteiger partial charge is 0.0786 e. The van der Waals surface area contributed by atoms with Crippen molar-refractivity contribution in [3.8, 4) is 0 Å². The molecule has 1 aliphatic heterocycles. The molecular formula is C6H6N2. The van der Waals surface area contributed by atoms with Gasteiger partial charge in [0, 0.05) is 12.3 Å². The minimum Gasteiger partial charge on any atom is -0.185 e. The summed E-state index contributed by atoms with van der Waals surface area (Å²) in [6, 6.07) is 0.622. The van der Waals surface area contributed by atoms with Gasteiger partial charge in [0.2, 0.25) is 0 Å². The lowest BCUT2D eigenvalue weighted by atomic mass is 10.3. The number of allylic oxidation sites excluding steroid dienone is 1. The molecule has 0 aromatic carbocycles. The van der Waals surface area contributed by atoms with E-state index in [4.69, 9.17) is 0 Å². The summed E-state index contributed by atoms with van der Waals surface area (Å²) in [5.41, 5.74) is 2.91. The maximum Gasteiger partial charge on any atom is 0.0786 e. The number of azo groups is 1. The second kappa shape index (κ2) is 0.768. The summed E-state index contributed by atoms with van der Waals surface area (Å²) >= 11 is 0. The number of rotatable bonds is 0. The maximum absolute atomic E-state index is 4.09. The zero-order valence-electron chi connectivity index (χ0n) is 4.46.